The number of hydrogen-bond donors (Lipinski definition) is 1. The molecule has 1 fully saturated rings. The first-order chi connectivity index (χ1) is 9.63. The number of para-hydroxylation sites is 1. The molecular weight excluding hydrogens is 258 g/mol. The van der Waals surface area contributed by atoms with Crippen LogP contribution in [0.2, 0.25) is 0 Å². The van der Waals surface area contributed by atoms with Gasteiger partial charge >= 0.3 is 5.97 Å². The molecule has 1 heterocycles. The van der Waals surface area contributed by atoms with Crippen molar-refractivity contribution in [1.29, 1.82) is 0 Å². The van der Waals surface area contributed by atoms with E-state index in [-0.39, 0.29) is 23.5 Å². The normalized spacial score (nSPS) is 15.9. The smallest absolute Gasteiger partial charge is 0.309 e. The van der Waals surface area contributed by atoms with E-state index >= 15 is 0 Å². The van der Waals surface area contributed by atoms with Crippen LogP contribution in [-0.2, 0) is 9.53 Å². The summed E-state index contributed by atoms with van der Waals surface area (Å²) in [5.74, 6) is -0.499. The average Bonchev–Trinajstić information content (AvgIpc) is 2.47. The summed E-state index contributed by atoms with van der Waals surface area (Å²) in [6, 6.07) is 6.51. The maximum atomic E-state index is 12.3. The molecule has 1 amide bonds. The molecule has 1 saturated heterocycles. The van der Waals surface area contributed by atoms with Crippen molar-refractivity contribution < 1.29 is 19.4 Å². The summed E-state index contributed by atoms with van der Waals surface area (Å²) in [6.45, 7) is 3.19. The van der Waals surface area contributed by atoms with Gasteiger partial charge in [0, 0.05) is 13.1 Å². The highest BCUT2D eigenvalue weighted by Crippen LogP contribution is 2.23. The molecule has 0 unspecified atom stereocenters. The topological polar surface area (TPSA) is 66.8 Å². The van der Waals surface area contributed by atoms with Crippen LogP contribution in [0.3, 0.4) is 0 Å². The van der Waals surface area contributed by atoms with Crippen molar-refractivity contribution in [2.45, 2.75) is 19.8 Å². The number of phenolic OH excluding ortho intramolecular Hbond substituents is 1. The maximum absolute atomic E-state index is 12.3. The summed E-state index contributed by atoms with van der Waals surface area (Å²) in [7, 11) is 0. The highest BCUT2D eigenvalue weighted by Gasteiger charge is 2.29. The average molecular weight is 277 g/mol. The van der Waals surface area contributed by atoms with E-state index < -0.39 is 0 Å². The first kappa shape index (κ1) is 14.4. The Hall–Kier alpha value is -2.04. The van der Waals surface area contributed by atoms with E-state index in [4.69, 9.17) is 4.74 Å². The maximum Gasteiger partial charge on any atom is 0.309 e. The molecule has 2 rings (SSSR count). The van der Waals surface area contributed by atoms with Gasteiger partial charge in [0.05, 0.1) is 18.1 Å². The van der Waals surface area contributed by atoms with Gasteiger partial charge in [-0.15, -0.1) is 0 Å². The third-order valence-corrected chi connectivity index (χ3v) is 3.54. The molecule has 5 nitrogen and oxygen atoms in total. The molecule has 1 aliphatic rings. The Labute approximate surface area is 118 Å². The number of phenols is 1. The first-order valence-electron chi connectivity index (χ1n) is 6.87. The van der Waals surface area contributed by atoms with Gasteiger partial charge in [0.2, 0.25) is 0 Å². The molecule has 0 bridgehead atoms. The number of carbonyl (C=O) groups excluding carboxylic acids is 2. The van der Waals surface area contributed by atoms with Gasteiger partial charge in [0.1, 0.15) is 5.75 Å². The second-order valence-corrected chi connectivity index (χ2v) is 4.84. The molecule has 1 N–H and O–H groups in total. The number of amides is 1. The summed E-state index contributed by atoms with van der Waals surface area (Å²) < 4.78 is 5.00. The van der Waals surface area contributed by atoms with Crippen LogP contribution in [0.4, 0.5) is 0 Å². The number of benzene rings is 1. The number of nitrogens with zero attached hydrogens (tertiary/aromatic N) is 1. The Balaban J connectivity index is 1.96. The van der Waals surface area contributed by atoms with Gasteiger partial charge in [-0.1, -0.05) is 12.1 Å². The Morgan fingerprint density at radius 2 is 1.95 bits per heavy atom. The zero-order valence-electron chi connectivity index (χ0n) is 11.5. The second kappa shape index (κ2) is 6.41. The van der Waals surface area contributed by atoms with Crippen molar-refractivity contribution >= 4 is 11.9 Å². The number of carbonyl (C=O) groups is 2. The Morgan fingerprint density at radius 3 is 2.55 bits per heavy atom. The van der Waals surface area contributed by atoms with Crippen LogP contribution < -0.4 is 0 Å². The highest BCUT2D eigenvalue weighted by atomic mass is 16.5. The summed E-state index contributed by atoms with van der Waals surface area (Å²) >= 11 is 0. The summed E-state index contributed by atoms with van der Waals surface area (Å²) in [5, 5.41) is 9.70. The lowest BCUT2D eigenvalue weighted by Crippen LogP contribution is -2.40. The van der Waals surface area contributed by atoms with Crippen LogP contribution in [0.1, 0.15) is 30.1 Å². The van der Waals surface area contributed by atoms with Crippen LogP contribution in [0.15, 0.2) is 24.3 Å². The SMILES string of the molecule is CCOC(=O)C1CCN(C(=O)c2ccccc2O)CC1. The fourth-order valence-electron chi connectivity index (χ4n) is 2.40. The molecule has 20 heavy (non-hydrogen) atoms. The molecule has 0 aliphatic carbocycles. The minimum Gasteiger partial charge on any atom is -0.507 e. The lowest BCUT2D eigenvalue weighted by Gasteiger charge is -2.31. The minimum atomic E-state index is -0.189. The van der Waals surface area contributed by atoms with Gasteiger partial charge in [0.15, 0.2) is 0 Å². The number of esters is 1. The largest absolute Gasteiger partial charge is 0.507 e. The summed E-state index contributed by atoms with van der Waals surface area (Å²) in [6.07, 6.45) is 1.22. The monoisotopic (exact) mass is 277 g/mol. The summed E-state index contributed by atoms with van der Waals surface area (Å²) in [5.41, 5.74) is 0.307. The van der Waals surface area contributed by atoms with E-state index in [1.807, 2.05) is 0 Å². The molecule has 1 aromatic rings. The number of ether oxygens (including phenoxy) is 1. The molecule has 0 aromatic heterocycles. The predicted molar refractivity (Wildman–Crippen MR) is 73.4 cm³/mol. The van der Waals surface area contributed by atoms with Gasteiger partial charge in [-0.05, 0) is 31.9 Å². The van der Waals surface area contributed by atoms with Gasteiger partial charge < -0.3 is 14.7 Å². The van der Waals surface area contributed by atoms with Crippen LogP contribution >= 0.6 is 0 Å². The number of likely N-dealkylation sites (tertiary alicyclic amines) is 1. The standard InChI is InChI=1S/C15H19NO4/c1-2-20-15(19)11-7-9-16(10-8-11)14(18)12-5-3-4-6-13(12)17/h3-6,11,17H,2,7-10H2,1H3. The molecule has 1 aliphatic heterocycles. The lowest BCUT2D eigenvalue weighted by atomic mass is 9.96. The third kappa shape index (κ3) is 3.10. The zero-order chi connectivity index (χ0) is 14.5. The first-order valence-corrected chi connectivity index (χ1v) is 6.87. The fraction of sp³-hybridized carbons (Fsp3) is 0.467. The summed E-state index contributed by atoms with van der Waals surface area (Å²) in [4.78, 5) is 25.6. The lowest BCUT2D eigenvalue weighted by molar-refractivity contribution is -0.149. The predicted octanol–water partition coefficient (Wildman–Crippen LogP) is 1.81. The minimum absolute atomic E-state index is 0.00924. The molecular formula is C15H19NO4. The van der Waals surface area contributed by atoms with Gasteiger partial charge in [-0.25, -0.2) is 0 Å². The van der Waals surface area contributed by atoms with E-state index in [1.165, 1.54) is 6.07 Å². The van der Waals surface area contributed by atoms with Gasteiger partial charge in [-0.3, -0.25) is 9.59 Å². The van der Waals surface area contributed by atoms with Crippen molar-refractivity contribution in [3.8, 4) is 5.75 Å². The van der Waals surface area contributed by atoms with E-state index in [2.05, 4.69) is 0 Å². The van der Waals surface area contributed by atoms with Crippen LogP contribution in [0.25, 0.3) is 0 Å². The molecule has 1 aromatic carbocycles. The van der Waals surface area contributed by atoms with Crippen molar-refractivity contribution in [2.75, 3.05) is 19.7 Å². The number of hydrogen-bond acceptors (Lipinski definition) is 4. The van der Waals surface area contributed by atoms with E-state index in [0.717, 1.165) is 0 Å². The molecule has 0 saturated carbocycles. The molecule has 0 atom stereocenters. The molecule has 0 radical (unpaired) electrons. The van der Waals surface area contributed by atoms with Crippen molar-refractivity contribution in [3.63, 3.8) is 0 Å². The fourth-order valence-corrected chi connectivity index (χ4v) is 2.40. The van der Waals surface area contributed by atoms with Crippen LogP contribution in [0.5, 0.6) is 5.75 Å². The number of piperidine rings is 1. The van der Waals surface area contributed by atoms with Crippen LogP contribution in [-0.4, -0.2) is 41.6 Å². The van der Waals surface area contributed by atoms with Gasteiger partial charge in [-0.2, -0.15) is 0 Å². The van der Waals surface area contributed by atoms with Crippen molar-refractivity contribution in [3.05, 3.63) is 29.8 Å². The van der Waals surface area contributed by atoms with E-state index in [1.54, 1.807) is 30.0 Å². The number of rotatable bonds is 3. The third-order valence-electron chi connectivity index (χ3n) is 3.54. The molecule has 0 spiro atoms. The number of aromatic hydroxyl groups is 1. The van der Waals surface area contributed by atoms with Crippen molar-refractivity contribution in [1.82, 2.24) is 4.90 Å². The Kier molecular flexibility index (Phi) is 4.61. The van der Waals surface area contributed by atoms with E-state index in [0.29, 0.717) is 38.1 Å². The van der Waals surface area contributed by atoms with Crippen LogP contribution in [0, 0.1) is 5.92 Å². The van der Waals surface area contributed by atoms with Gasteiger partial charge in [0.25, 0.3) is 5.91 Å². The quantitative estimate of drug-likeness (QED) is 0.856. The van der Waals surface area contributed by atoms with E-state index in [9.17, 15) is 14.7 Å². The zero-order valence-corrected chi connectivity index (χ0v) is 11.5. The highest BCUT2D eigenvalue weighted by molar-refractivity contribution is 5.96. The molecule has 108 valence electrons. The Bertz CT molecular complexity index is 492. The van der Waals surface area contributed by atoms with Crippen molar-refractivity contribution in [2.24, 2.45) is 5.92 Å². The Morgan fingerprint density at radius 1 is 1.30 bits per heavy atom. The molecule has 5 heteroatoms. The second-order valence-electron chi connectivity index (χ2n) is 4.84.